The number of aryl methyl sites for hydroxylation is 2. The van der Waals surface area contributed by atoms with Crippen LogP contribution in [0, 0.1) is 0 Å². The Labute approximate surface area is 172 Å². The second-order valence-corrected chi connectivity index (χ2v) is 6.96. The maximum atomic E-state index is 12.1. The van der Waals surface area contributed by atoms with E-state index in [4.69, 9.17) is 13.6 Å². The lowest BCUT2D eigenvalue weighted by Gasteiger charge is -2.10. The summed E-state index contributed by atoms with van der Waals surface area (Å²) in [4.78, 5) is 28.3. The number of nitrogens with zero attached hydrogens (tertiary/aromatic N) is 4. The maximum Gasteiger partial charge on any atom is 0.306 e. The zero-order chi connectivity index (χ0) is 20.4. The molecule has 0 spiro atoms. The molecule has 148 valence electrons. The molecule has 0 amide bonds. The van der Waals surface area contributed by atoms with Gasteiger partial charge in [-0.15, -0.1) is 10.2 Å². The fourth-order valence-corrected chi connectivity index (χ4v) is 3.14. The van der Waals surface area contributed by atoms with Crippen molar-refractivity contribution in [2.24, 2.45) is 7.05 Å². The fourth-order valence-electron chi connectivity index (χ4n) is 2.83. The molecule has 0 fully saturated rings. The van der Waals surface area contributed by atoms with E-state index in [-0.39, 0.29) is 36.8 Å². The van der Waals surface area contributed by atoms with Crippen molar-refractivity contribution in [2.75, 3.05) is 0 Å². The van der Waals surface area contributed by atoms with Crippen molar-refractivity contribution in [1.82, 2.24) is 19.7 Å². The minimum absolute atomic E-state index is 0.0603. The Morgan fingerprint density at radius 1 is 1.17 bits per heavy atom. The molecule has 3 heterocycles. The molecule has 0 N–H and O–H groups in total. The number of carbonyl (C=O) groups is 1. The Morgan fingerprint density at radius 2 is 2.00 bits per heavy atom. The molecule has 0 radical (unpaired) electrons. The molecular weight excluding hydrogens is 444 g/mol. The van der Waals surface area contributed by atoms with E-state index >= 15 is 0 Å². The number of esters is 1. The van der Waals surface area contributed by atoms with Crippen molar-refractivity contribution in [3.63, 3.8) is 0 Å². The van der Waals surface area contributed by atoms with Crippen molar-refractivity contribution in [3.8, 4) is 11.7 Å². The predicted molar refractivity (Wildman–Crippen MR) is 105 cm³/mol. The lowest BCUT2D eigenvalue weighted by atomic mass is 10.2. The number of benzene rings is 1. The number of aromatic nitrogens is 4. The normalized spacial score (nSPS) is 11.1. The first-order valence-corrected chi connectivity index (χ1v) is 9.49. The van der Waals surface area contributed by atoms with Crippen LogP contribution in [0.15, 0.2) is 54.7 Å². The van der Waals surface area contributed by atoms with Crippen molar-refractivity contribution >= 4 is 32.8 Å². The Balaban J connectivity index is 1.36. The van der Waals surface area contributed by atoms with Gasteiger partial charge in [-0.25, -0.2) is 0 Å². The highest BCUT2D eigenvalue weighted by atomic mass is 79.9. The minimum atomic E-state index is -0.465. The molecule has 0 aliphatic heterocycles. The summed E-state index contributed by atoms with van der Waals surface area (Å²) in [5, 5.41) is 8.21. The van der Waals surface area contributed by atoms with Crippen molar-refractivity contribution in [2.45, 2.75) is 19.4 Å². The van der Waals surface area contributed by atoms with Crippen LogP contribution in [0.25, 0.3) is 22.6 Å². The van der Waals surface area contributed by atoms with Crippen molar-refractivity contribution in [1.29, 1.82) is 0 Å². The number of para-hydroxylation sites is 1. The third-order valence-corrected chi connectivity index (χ3v) is 4.70. The van der Waals surface area contributed by atoms with Crippen LogP contribution in [0.3, 0.4) is 0 Å². The Hall–Kier alpha value is -3.27. The number of ether oxygens (including phenoxy) is 1. The summed E-state index contributed by atoms with van der Waals surface area (Å²) in [5.74, 6) is 0.793. The van der Waals surface area contributed by atoms with Crippen LogP contribution < -0.4 is 5.56 Å². The van der Waals surface area contributed by atoms with Crippen molar-refractivity contribution in [3.05, 3.63) is 63.1 Å². The highest BCUT2D eigenvalue weighted by molar-refractivity contribution is 9.10. The molecule has 4 rings (SSSR count). The van der Waals surface area contributed by atoms with Gasteiger partial charge in [0.1, 0.15) is 5.82 Å². The first kappa shape index (κ1) is 19.1. The number of fused-ring (bicyclic) bond motifs is 1. The van der Waals surface area contributed by atoms with Gasteiger partial charge in [-0.3, -0.25) is 9.59 Å². The fraction of sp³-hybridized carbons (Fsp3) is 0.211. The molecule has 9 nitrogen and oxygen atoms in total. The Morgan fingerprint density at radius 3 is 2.79 bits per heavy atom. The second-order valence-electron chi connectivity index (χ2n) is 6.17. The molecule has 0 saturated heterocycles. The average molecular weight is 459 g/mol. The first-order valence-electron chi connectivity index (χ1n) is 8.69. The molecule has 1 aromatic carbocycles. The molecule has 0 saturated carbocycles. The van der Waals surface area contributed by atoms with Crippen LogP contribution in [0.2, 0.25) is 0 Å². The summed E-state index contributed by atoms with van der Waals surface area (Å²) in [6.07, 6.45) is 0.329. The summed E-state index contributed by atoms with van der Waals surface area (Å²) in [7, 11) is 1.81. The Kier molecular flexibility index (Phi) is 5.26. The third kappa shape index (κ3) is 4.11. The van der Waals surface area contributed by atoms with Gasteiger partial charge in [0.25, 0.3) is 17.3 Å². The largest absolute Gasteiger partial charge is 0.456 e. The highest BCUT2D eigenvalue weighted by Gasteiger charge is 2.15. The standard InChI is InChI=1S/C19H15BrN4O5/c1-24-12-5-3-2-4-11(12)18(26)21-15(24)8-9-17(25)27-10-16-22-23-19(29-16)13-6-7-14(20)28-13/h2-7H,8-10H2,1H3. The van der Waals surface area contributed by atoms with E-state index in [2.05, 4.69) is 31.1 Å². The predicted octanol–water partition coefficient (Wildman–Crippen LogP) is 3.02. The van der Waals surface area contributed by atoms with E-state index in [9.17, 15) is 9.59 Å². The third-order valence-electron chi connectivity index (χ3n) is 4.27. The topological polar surface area (TPSA) is 113 Å². The molecule has 10 heteroatoms. The van der Waals surface area contributed by atoms with Gasteiger partial charge < -0.3 is 18.1 Å². The number of hydrogen-bond acceptors (Lipinski definition) is 8. The summed E-state index contributed by atoms with van der Waals surface area (Å²) in [5.41, 5.74) is 0.448. The van der Waals surface area contributed by atoms with E-state index < -0.39 is 5.97 Å². The number of rotatable bonds is 6. The molecular formula is C19H15BrN4O5. The second kappa shape index (κ2) is 8.00. The summed E-state index contributed by atoms with van der Waals surface area (Å²) in [6.45, 7) is -0.155. The molecule has 29 heavy (non-hydrogen) atoms. The van der Waals surface area contributed by atoms with Crippen LogP contribution in [0.1, 0.15) is 18.1 Å². The highest BCUT2D eigenvalue weighted by Crippen LogP contribution is 2.23. The molecule has 0 bridgehead atoms. The summed E-state index contributed by atoms with van der Waals surface area (Å²) >= 11 is 3.19. The smallest absolute Gasteiger partial charge is 0.306 e. The number of hydrogen-bond donors (Lipinski definition) is 0. The minimum Gasteiger partial charge on any atom is -0.456 e. The van der Waals surface area contributed by atoms with Crippen molar-refractivity contribution < 1.29 is 18.4 Å². The number of halogens is 1. The van der Waals surface area contributed by atoms with Crippen LogP contribution >= 0.6 is 15.9 Å². The van der Waals surface area contributed by atoms with E-state index in [1.54, 1.807) is 28.8 Å². The number of furan rings is 1. The lowest BCUT2D eigenvalue weighted by Crippen LogP contribution is -2.18. The molecule has 0 unspecified atom stereocenters. The average Bonchev–Trinajstić information content (AvgIpc) is 3.37. The maximum absolute atomic E-state index is 12.1. The van der Waals surface area contributed by atoms with E-state index in [0.717, 1.165) is 5.52 Å². The first-order chi connectivity index (χ1) is 14.0. The zero-order valence-corrected chi connectivity index (χ0v) is 16.9. The molecule has 0 atom stereocenters. The lowest BCUT2D eigenvalue weighted by molar-refractivity contribution is -0.145. The van der Waals surface area contributed by atoms with E-state index in [1.165, 1.54) is 0 Å². The van der Waals surface area contributed by atoms with Gasteiger partial charge in [0, 0.05) is 13.5 Å². The van der Waals surface area contributed by atoms with E-state index in [0.29, 0.717) is 21.6 Å². The SMILES string of the molecule is Cn1c(CCC(=O)OCc2nnc(-c3ccc(Br)o3)o2)nc(=O)c2ccccc21. The van der Waals surface area contributed by atoms with Crippen LogP contribution in [0.4, 0.5) is 0 Å². The summed E-state index contributed by atoms with van der Waals surface area (Å²) < 4.78 is 18.2. The molecule has 0 aliphatic carbocycles. The van der Waals surface area contributed by atoms with Gasteiger partial charge in [-0.05, 0) is 40.2 Å². The van der Waals surface area contributed by atoms with Gasteiger partial charge in [0.15, 0.2) is 17.0 Å². The van der Waals surface area contributed by atoms with Crippen LogP contribution in [-0.2, 0) is 29.6 Å². The van der Waals surface area contributed by atoms with E-state index in [1.807, 2.05) is 19.2 Å². The van der Waals surface area contributed by atoms with Crippen LogP contribution in [0.5, 0.6) is 0 Å². The van der Waals surface area contributed by atoms with Gasteiger partial charge in [-0.1, -0.05) is 12.1 Å². The molecule has 4 aromatic rings. The zero-order valence-electron chi connectivity index (χ0n) is 15.3. The molecule has 3 aromatic heterocycles. The summed E-state index contributed by atoms with van der Waals surface area (Å²) in [6, 6.07) is 10.6. The molecule has 0 aliphatic rings. The van der Waals surface area contributed by atoms with Gasteiger partial charge in [-0.2, -0.15) is 4.98 Å². The monoisotopic (exact) mass is 458 g/mol. The Bertz CT molecular complexity index is 1240. The van der Waals surface area contributed by atoms with Crippen LogP contribution in [-0.4, -0.2) is 25.7 Å². The van der Waals surface area contributed by atoms with Gasteiger partial charge in [0.05, 0.1) is 17.3 Å². The quantitative estimate of drug-likeness (QED) is 0.405. The van der Waals surface area contributed by atoms with Gasteiger partial charge >= 0.3 is 5.97 Å². The number of carbonyl (C=O) groups excluding carboxylic acids is 1. The van der Waals surface area contributed by atoms with Gasteiger partial charge in [0.2, 0.25) is 0 Å².